The lowest BCUT2D eigenvalue weighted by atomic mass is 9.93. The summed E-state index contributed by atoms with van der Waals surface area (Å²) in [5, 5.41) is 0. The smallest absolute Gasteiger partial charge is 0.404 e. The van der Waals surface area contributed by atoms with Crippen LogP contribution in [0.1, 0.15) is 51.0 Å². The number of halogens is 3. The van der Waals surface area contributed by atoms with E-state index in [4.69, 9.17) is 10.5 Å². The second kappa shape index (κ2) is 10.3. The molecule has 0 saturated heterocycles. The van der Waals surface area contributed by atoms with Crippen molar-refractivity contribution in [1.29, 1.82) is 0 Å². The van der Waals surface area contributed by atoms with Crippen molar-refractivity contribution in [2.75, 3.05) is 0 Å². The highest BCUT2D eigenvalue weighted by molar-refractivity contribution is 5.73. The molecule has 1 aromatic carbocycles. The van der Waals surface area contributed by atoms with Crippen LogP contribution >= 0.6 is 0 Å². The van der Waals surface area contributed by atoms with Gasteiger partial charge in [-0.25, -0.2) is 0 Å². The summed E-state index contributed by atoms with van der Waals surface area (Å²) < 4.78 is 43.8. The molecule has 24 heavy (non-hydrogen) atoms. The minimum atomic E-state index is -4.61. The molecule has 3 nitrogen and oxygen atoms in total. The molecule has 0 aromatic heterocycles. The fraction of sp³-hybridized carbons (Fsp3) is 0.611. The highest BCUT2D eigenvalue weighted by Crippen LogP contribution is 2.28. The van der Waals surface area contributed by atoms with E-state index < -0.39 is 24.1 Å². The lowest BCUT2D eigenvalue weighted by Crippen LogP contribution is -2.47. The Bertz CT molecular complexity index is 477. The molecular weight excluding hydrogens is 319 g/mol. The zero-order chi connectivity index (χ0) is 18.0. The number of carbonyl (C=O) groups is 1. The second-order valence-electron chi connectivity index (χ2n) is 5.97. The van der Waals surface area contributed by atoms with Gasteiger partial charge in [-0.15, -0.1) is 0 Å². The van der Waals surface area contributed by atoms with E-state index in [0.717, 1.165) is 31.2 Å². The molecule has 1 aromatic rings. The molecule has 0 amide bonds. The summed E-state index contributed by atoms with van der Waals surface area (Å²) in [6.45, 7) is 2.01. The van der Waals surface area contributed by atoms with Gasteiger partial charge in [0.15, 0.2) is 0 Å². The lowest BCUT2D eigenvalue weighted by molar-refractivity contribution is -0.177. The van der Waals surface area contributed by atoms with Crippen molar-refractivity contribution in [2.45, 2.75) is 64.3 Å². The van der Waals surface area contributed by atoms with E-state index in [1.165, 1.54) is 0 Å². The summed E-state index contributed by atoms with van der Waals surface area (Å²) in [5.41, 5.74) is 6.01. The summed E-state index contributed by atoms with van der Waals surface area (Å²) in [6.07, 6.45) is -0.157. The molecule has 0 aliphatic heterocycles. The zero-order valence-electron chi connectivity index (χ0n) is 14.0. The molecule has 0 aliphatic carbocycles. The van der Waals surface area contributed by atoms with Crippen LogP contribution in [0.5, 0.6) is 0 Å². The first kappa shape index (κ1) is 20.5. The van der Waals surface area contributed by atoms with Gasteiger partial charge >= 0.3 is 12.1 Å². The maximum Gasteiger partial charge on any atom is 0.404 e. The lowest BCUT2D eigenvalue weighted by Gasteiger charge is -2.24. The Balaban J connectivity index is 2.60. The van der Waals surface area contributed by atoms with Crippen LogP contribution in [0.15, 0.2) is 30.3 Å². The van der Waals surface area contributed by atoms with E-state index in [2.05, 4.69) is 6.92 Å². The molecule has 0 unspecified atom stereocenters. The van der Waals surface area contributed by atoms with Crippen LogP contribution in [-0.2, 0) is 16.1 Å². The van der Waals surface area contributed by atoms with Crippen LogP contribution in [0, 0.1) is 5.92 Å². The van der Waals surface area contributed by atoms with Crippen molar-refractivity contribution >= 4 is 5.97 Å². The Morgan fingerprint density at radius 3 is 2.33 bits per heavy atom. The molecule has 6 heteroatoms. The highest BCUT2D eigenvalue weighted by Gasteiger charge is 2.45. The van der Waals surface area contributed by atoms with Crippen molar-refractivity contribution < 1.29 is 22.7 Å². The Morgan fingerprint density at radius 1 is 1.12 bits per heavy atom. The van der Waals surface area contributed by atoms with Gasteiger partial charge < -0.3 is 10.5 Å². The molecule has 2 N–H and O–H groups in total. The Morgan fingerprint density at radius 2 is 1.75 bits per heavy atom. The van der Waals surface area contributed by atoms with E-state index in [0.29, 0.717) is 6.42 Å². The molecular formula is C18H26F3NO2. The van der Waals surface area contributed by atoms with Crippen molar-refractivity contribution in [1.82, 2.24) is 0 Å². The summed E-state index contributed by atoms with van der Waals surface area (Å²) in [5.74, 6) is -2.23. The molecule has 0 saturated carbocycles. The van der Waals surface area contributed by atoms with Gasteiger partial charge in [0.25, 0.3) is 0 Å². The number of esters is 1. The van der Waals surface area contributed by atoms with Gasteiger partial charge in [-0.1, -0.05) is 69.4 Å². The normalized spacial score (nSPS) is 14.2. The van der Waals surface area contributed by atoms with Gasteiger partial charge in [0.1, 0.15) is 12.6 Å². The number of benzene rings is 1. The topological polar surface area (TPSA) is 52.3 Å². The number of hydrogen-bond donors (Lipinski definition) is 1. The number of rotatable bonds is 10. The second-order valence-corrected chi connectivity index (χ2v) is 5.97. The van der Waals surface area contributed by atoms with E-state index in [1.54, 1.807) is 24.3 Å². The molecule has 2 atom stereocenters. The van der Waals surface area contributed by atoms with Crippen LogP contribution in [0.3, 0.4) is 0 Å². The third-order valence-electron chi connectivity index (χ3n) is 3.96. The zero-order valence-corrected chi connectivity index (χ0v) is 14.0. The molecule has 1 rings (SSSR count). The summed E-state index contributed by atoms with van der Waals surface area (Å²) in [4.78, 5) is 12.1. The fourth-order valence-corrected chi connectivity index (χ4v) is 2.48. The maximum atomic E-state index is 12.9. The first-order valence-electron chi connectivity index (χ1n) is 8.39. The van der Waals surface area contributed by atoms with E-state index in [-0.39, 0.29) is 13.0 Å². The number of carbonyl (C=O) groups excluding carboxylic acids is 1. The SMILES string of the molecule is CCCCCCC[C@@H](C(=O)OCc1ccccc1)[C@@H](N)C(F)(F)F. The van der Waals surface area contributed by atoms with Crippen LogP contribution in [0.4, 0.5) is 13.2 Å². The molecule has 0 spiro atoms. The number of alkyl halides is 3. The minimum absolute atomic E-state index is 0.0451. The largest absolute Gasteiger partial charge is 0.461 e. The fourth-order valence-electron chi connectivity index (χ4n) is 2.48. The van der Waals surface area contributed by atoms with Gasteiger partial charge in [0.2, 0.25) is 0 Å². The molecule has 0 aliphatic rings. The van der Waals surface area contributed by atoms with Gasteiger partial charge in [-0.05, 0) is 12.0 Å². The van der Waals surface area contributed by atoms with Crippen LogP contribution in [-0.4, -0.2) is 18.2 Å². The first-order valence-corrected chi connectivity index (χ1v) is 8.39. The van der Waals surface area contributed by atoms with E-state index in [9.17, 15) is 18.0 Å². The summed E-state index contributed by atoms with van der Waals surface area (Å²) >= 11 is 0. The van der Waals surface area contributed by atoms with Crippen LogP contribution < -0.4 is 5.73 Å². The summed E-state index contributed by atoms with van der Waals surface area (Å²) in [6, 6.07) is 6.66. The monoisotopic (exact) mass is 345 g/mol. The highest BCUT2D eigenvalue weighted by atomic mass is 19.4. The quantitative estimate of drug-likeness (QED) is 0.498. The number of hydrogen-bond acceptors (Lipinski definition) is 3. The average Bonchev–Trinajstić information content (AvgIpc) is 2.55. The van der Waals surface area contributed by atoms with Gasteiger partial charge in [0, 0.05) is 0 Å². The summed E-state index contributed by atoms with van der Waals surface area (Å²) in [7, 11) is 0. The van der Waals surface area contributed by atoms with E-state index in [1.807, 2.05) is 6.07 Å². The van der Waals surface area contributed by atoms with Crippen LogP contribution in [0.25, 0.3) is 0 Å². The van der Waals surface area contributed by atoms with Crippen molar-refractivity contribution in [2.24, 2.45) is 11.7 Å². The molecule has 136 valence electrons. The molecule has 0 heterocycles. The van der Waals surface area contributed by atoms with Gasteiger partial charge in [0.05, 0.1) is 5.92 Å². The van der Waals surface area contributed by atoms with Gasteiger partial charge in [-0.3, -0.25) is 4.79 Å². The van der Waals surface area contributed by atoms with Crippen molar-refractivity contribution in [3.05, 3.63) is 35.9 Å². The van der Waals surface area contributed by atoms with Crippen LogP contribution in [0.2, 0.25) is 0 Å². The molecule has 0 fully saturated rings. The van der Waals surface area contributed by atoms with Crippen molar-refractivity contribution in [3.63, 3.8) is 0 Å². The third-order valence-corrected chi connectivity index (χ3v) is 3.96. The standard InChI is InChI=1S/C18H26F3NO2/c1-2-3-4-5-9-12-15(16(22)18(19,20)21)17(23)24-13-14-10-7-6-8-11-14/h6-8,10-11,15-16H,2-5,9,12-13,22H2,1H3/t15-,16-/m1/s1. The predicted octanol–water partition coefficient (Wildman–Crippen LogP) is 4.60. The number of unbranched alkanes of at least 4 members (excludes halogenated alkanes) is 4. The third kappa shape index (κ3) is 7.34. The maximum absolute atomic E-state index is 12.9. The number of ether oxygens (including phenoxy) is 1. The average molecular weight is 345 g/mol. The Kier molecular flexibility index (Phi) is 8.82. The van der Waals surface area contributed by atoms with Crippen molar-refractivity contribution in [3.8, 4) is 0 Å². The Hall–Kier alpha value is -1.56. The molecule has 0 radical (unpaired) electrons. The van der Waals surface area contributed by atoms with Gasteiger partial charge in [-0.2, -0.15) is 13.2 Å². The molecule has 0 bridgehead atoms. The first-order chi connectivity index (χ1) is 11.4. The number of nitrogens with two attached hydrogens (primary N) is 1. The predicted molar refractivity (Wildman–Crippen MR) is 87.1 cm³/mol. The van der Waals surface area contributed by atoms with E-state index >= 15 is 0 Å². The minimum Gasteiger partial charge on any atom is -0.461 e. The Labute approximate surface area is 141 Å².